The lowest BCUT2D eigenvalue weighted by Gasteiger charge is -2.09. The number of carbonyl (C=O) groups excluding carboxylic acids is 2. The third-order valence-electron chi connectivity index (χ3n) is 3.36. The van der Waals surface area contributed by atoms with E-state index in [0.717, 1.165) is 22.6 Å². The van der Waals surface area contributed by atoms with Gasteiger partial charge in [-0.25, -0.2) is 9.78 Å². The minimum atomic E-state index is -0.525. The van der Waals surface area contributed by atoms with Crippen molar-refractivity contribution in [2.24, 2.45) is 0 Å². The zero-order valence-corrected chi connectivity index (χ0v) is 12.0. The van der Waals surface area contributed by atoms with Gasteiger partial charge in [-0.1, -0.05) is 24.3 Å². The lowest BCUT2D eigenvalue weighted by molar-refractivity contribution is 0.112. The van der Waals surface area contributed by atoms with Crippen molar-refractivity contribution in [1.82, 2.24) is 4.98 Å². The van der Waals surface area contributed by atoms with Crippen LogP contribution in [0.1, 0.15) is 17.4 Å². The molecular weight excluding hydrogens is 280 g/mol. The quantitative estimate of drug-likeness (QED) is 0.589. The van der Waals surface area contributed by atoms with Crippen LogP contribution in [0.3, 0.4) is 0 Å². The summed E-state index contributed by atoms with van der Waals surface area (Å²) in [5, 5.41) is 5.21. The smallest absolute Gasteiger partial charge is 0.411 e. The first-order chi connectivity index (χ1) is 10.7. The largest absolute Gasteiger partial charge is 0.450 e. The topological polar surface area (TPSA) is 68.3 Å². The van der Waals surface area contributed by atoms with Crippen LogP contribution >= 0.6 is 0 Å². The number of ether oxygens (including phenoxy) is 1. The molecule has 0 saturated heterocycles. The molecule has 1 amide bonds. The SMILES string of the molecule is CCOC(=O)Nc1ccc2c(c1)c(C=O)nc1ccccc12. The molecule has 0 radical (unpaired) electrons. The second-order valence-electron chi connectivity index (χ2n) is 4.74. The van der Waals surface area contributed by atoms with E-state index in [1.807, 2.05) is 30.3 Å². The fourth-order valence-corrected chi connectivity index (χ4v) is 2.43. The van der Waals surface area contributed by atoms with Gasteiger partial charge < -0.3 is 4.74 Å². The van der Waals surface area contributed by atoms with Crippen molar-refractivity contribution in [2.45, 2.75) is 6.92 Å². The zero-order valence-electron chi connectivity index (χ0n) is 12.0. The van der Waals surface area contributed by atoms with Crippen molar-refractivity contribution in [2.75, 3.05) is 11.9 Å². The van der Waals surface area contributed by atoms with E-state index in [1.54, 1.807) is 19.1 Å². The van der Waals surface area contributed by atoms with Crippen LogP contribution in [0.4, 0.5) is 10.5 Å². The number of pyridine rings is 1. The highest BCUT2D eigenvalue weighted by atomic mass is 16.5. The van der Waals surface area contributed by atoms with Crippen LogP contribution in [0.5, 0.6) is 0 Å². The van der Waals surface area contributed by atoms with E-state index in [4.69, 9.17) is 4.74 Å². The molecule has 1 N–H and O–H groups in total. The van der Waals surface area contributed by atoms with Gasteiger partial charge in [0.25, 0.3) is 0 Å². The van der Waals surface area contributed by atoms with Gasteiger partial charge in [-0.05, 0) is 30.5 Å². The summed E-state index contributed by atoms with van der Waals surface area (Å²) in [7, 11) is 0. The third kappa shape index (κ3) is 2.48. The number of anilines is 1. The van der Waals surface area contributed by atoms with E-state index in [-0.39, 0.29) is 0 Å². The molecule has 0 fully saturated rings. The Morgan fingerprint density at radius 2 is 2.00 bits per heavy atom. The molecule has 3 rings (SSSR count). The van der Waals surface area contributed by atoms with E-state index in [0.29, 0.717) is 23.4 Å². The maximum absolute atomic E-state index is 11.5. The van der Waals surface area contributed by atoms with E-state index >= 15 is 0 Å². The molecule has 1 heterocycles. The van der Waals surface area contributed by atoms with Gasteiger partial charge in [0.15, 0.2) is 6.29 Å². The molecule has 22 heavy (non-hydrogen) atoms. The number of carbonyl (C=O) groups is 2. The molecule has 110 valence electrons. The number of fused-ring (bicyclic) bond motifs is 3. The second-order valence-corrected chi connectivity index (χ2v) is 4.74. The summed E-state index contributed by atoms with van der Waals surface area (Å²) in [4.78, 5) is 27.2. The molecule has 5 nitrogen and oxygen atoms in total. The molecule has 0 bridgehead atoms. The van der Waals surface area contributed by atoms with Crippen molar-refractivity contribution in [1.29, 1.82) is 0 Å². The second kappa shape index (κ2) is 5.81. The predicted octanol–water partition coefficient (Wildman–Crippen LogP) is 3.77. The minimum Gasteiger partial charge on any atom is -0.450 e. The number of nitrogens with zero attached hydrogens (tertiary/aromatic N) is 1. The summed E-state index contributed by atoms with van der Waals surface area (Å²) >= 11 is 0. The van der Waals surface area contributed by atoms with Crippen molar-refractivity contribution < 1.29 is 14.3 Å². The van der Waals surface area contributed by atoms with Crippen LogP contribution in [0.25, 0.3) is 21.7 Å². The van der Waals surface area contributed by atoms with Crippen molar-refractivity contribution in [3.63, 3.8) is 0 Å². The van der Waals surface area contributed by atoms with Crippen molar-refractivity contribution >= 4 is 39.7 Å². The first kappa shape index (κ1) is 14.0. The number of para-hydroxylation sites is 1. The van der Waals surface area contributed by atoms with E-state index in [1.165, 1.54) is 0 Å². The number of nitrogens with one attached hydrogen (secondary N) is 1. The molecule has 0 unspecified atom stereocenters. The van der Waals surface area contributed by atoms with E-state index < -0.39 is 6.09 Å². The fourth-order valence-electron chi connectivity index (χ4n) is 2.43. The number of aldehydes is 1. The van der Waals surface area contributed by atoms with Crippen LogP contribution in [-0.4, -0.2) is 24.0 Å². The number of hydrogen-bond donors (Lipinski definition) is 1. The third-order valence-corrected chi connectivity index (χ3v) is 3.36. The van der Waals surface area contributed by atoms with Gasteiger partial charge in [0.2, 0.25) is 0 Å². The summed E-state index contributed by atoms with van der Waals surface area (Å²) in [6.45, 7) is 2.03. The van der Waals surface area contributed by atoms with Gasteiger partial charge in [0, 0.05) is 16.5 Å². The van der Waals surface area contributed by atoms with Gasteiger partial charge in [-0.15, -0.1) is 0 Å². The molecule has 1 aromatic heterocycles. The normalized spacial score (nSPS) is 10.6. The number of aromatic nitrogens is 1. The van der Waals surface area contributed by atoms with Crippen LogP contribution in [0, 0.1) is 0 Å². The van der Waals surface area contributed by atoms with Gasteiger partial charge >= 0.3 is 6.09 Å². The average molecular weight is 294 g/mol. The standard InChI is InChI=1S/C17H14N2O3/c1-2-22-17(21)18-11-7-8-12-13-5-3-4-6-15(13)19-16(10-20)14(12)9-11/h3-10H,2H2,1H3,(H,18,21). The first-order valence-electron chi connectivity index (χ1n) is 6.94. The zero-order chi connectivity index (χ0) is 15.5. The molecule has 0 spiro atoms. The summed E-state index contributed by atoms with van der Waals surface area (Å²) in [6, 6.07) is 13.0. The lowest BCUT2D eigenvalue weighted by Crippen LogP contribution is -2.13. The summed E-state index contributed by atoms with van der Waals surface area (Å²) in [5.74, 6) is 0. The maximum Gasteiger partial charge on any atom is 0.411 e. The first-order valence-corrected chi connectivity index (χ1v) is 6.94. The lowest BCUT2D eigenvalue weighted by atomic mass is 10.0. The summed E-state index contributed by atoms with van der Waals surface area (Å²) in [5.41, 5.74) is 1.68. The summed E-state index contributed by atoms with van der Waals surface area (Å²) in [6.07, 6.45) is 0.200. The van der Waals surface area contributed by atoms with Gasteiger partial charge in [0.1, 0.15) is 5.69 Å². The van der Waals surface area contributed by atoms with Crippen LogP contribution in [-0.2, 0) is 4.74 Å². The van der Waals surface area contributed by atoms with E-state index in [9.17, 15) is 9.59 Å². The summed E-state index contributed by atoms with van der Waals surface area (Å²) < 4.78 is 4.85. The molecule has 0 saturated carbocycles. The average Bonchev–Trinajstić information content (AvgIpc) is 2.54. The van der Waals surface area contributed by atoms with Crippen LogP contribution in [0.15, 0.2) is 42.5 Å². The molecule has 0 aliphatic heterocycles. The van der Waals surface area contributed by atoms with Crippen LogP contribution < -0.4 is 5.32 Å². The van der Waals surface area contributed by atoms with Gasteiger partial charge in [-0.3, -0.25) is 10.1 Å². The van der Waals surface area contributed by atoms with E-state index in [2.05, 4.69) is 10.3 Å². The highest BCUT2D eigenvalue weighted by Crippen LogP contribution is 2.28. The van der Waals surface area contributed by atoms with Gasteiger partial charge in [0.05, 0.1) is 12.1 Å². The highest BCUT2D eigenvalue weighted by Gasteiger charge is 2.09. The molecule has 3 aromatic rings. The van der Waals surface area contributed by atoms with Crippen molar-refractivity contribution in [3.05, 3.63) is 48.2 Å². The number of rotatable bonds is 3. The Morgan fingerprint density at radius 3 is 2.77 bits per heavy atom. The Balaban J connectivity index is 2.16. The molecular formula is C17H14N2O3. The maximum atomic E-state index is 11.5. The number of hydrogen-bond acceptors (Lipinski definition) is 4. The Hall–Kier alpha value is -2.95. The molecule has 0 aliphatic rings. The Bertz CT molecular complexity index is 874. The fraction of sp³-hybridized carbons (Fsp3) is 0.118. The molecule has 0 atom stereocenters. The number of benzene rings is 2. The Labute approximate surface area is 126 Å². The molecule has 0 aliphatic carbocycles. The monoisotopic (exact) mass is 294 g/mol. The number of amides is 1. The van der Waals surface area contributed by atoms with Gasteiger partial charge in [-0.2, -0.15) is 0 Å². The minimum absolute atomic E-state index is 0.297. The Kier molecular flexibility index (Phi) is 3.70. The van der Waals surface area contributed by atoms with Crippen LogP contribution in [0.2, 0.25) is 0 Å². The molecule has 2 aromatic carbocycles. The predicted molar refractivity (Wildman–Crippen MR) is 85.3 cm³/mol. The molecule has 5 heteroatoms. The highest BCUT2D eigenvalue weighted by molar-refractivity contribution is 6.11. The Morgan fingerprint density at radius 1 is 1.18 bits per heavy atom. The van der Waals surface area contributed by atoms with Crippen molar-refractivity contribution in [3.8, 4) is 0 Å².